The summed E-state index contributed by atoms with van der Waals surface area (Å²) in [4.78, 5) is 11.8. The van der Waals surface area contributed by atoms with Crippen molar-refractivity contribution in [3.8, 4) is 18.1 Å². The van der Waals surface area contributed by atoms with Crippen LogP contribution in [0, 0.1) is 12.3 Å². The first-order valence-corrected chi connectivity index (χ1v) is 8.36. The highest BCUT2D eigenvalue weighted by Crippen LogP contribution is 2.38. The number of hydrogen-bond acceptors (Lipinski definition) is 5. The summed E-state index contributed by atoms with van der Waals surface area (Å²) in [7, 11) is -4.34. The highest BCUT2D eigenvalue weighted by atomic mass is 32.2. The highest BCUT2D eigenvalue weighted by molar-refractivity contribution is 7.85. The first-order valence-electron chi connectivity index (χ1n) is 6.75. The number of halogens is 3. The van der Waals surface area contributed by atoms with Crippen LogP contribution in [0.3, 0.4) is 0 Å². The predicted octanol–water partition coefficient (Wildman–Crippen LogP) is 2.54. The summed E-state index contributed by atoms with van der Waals surface area (Å²) in [6.45, 7) is 2.07. The summed E-state index contributed by atoms with van der Waals surface area (Å²) in [5.41, 5.74) is -2.80. The molecule has 0 radical (unpaired) electrons. The summed E-state index contributed by atoms with van der Waals surface area (Å²) >= 11 is 0. The molecule has 1 N–H and O–H groups in total. The van der Waals surface area contributed by atoms with E-state index in [0.717, 1.165) is 12.1 Å². The molecule has 0 fully saturated rings. The molecular weight excluding hydrogens is 365 g/mol. The SMILES string of the molecule is C#CC(C)(C)Oc1cc(C(=O)OCCS(=O)(=O)O)ccc1C(F)(F)F. The molecule has 0 aromatic heterocycles. The molecule has 0 saturated carbocycles. The van der Waals surface area contributed by atoms with Crippen molar-refractivity contribution in [2.24, 2.45) is 0 Å². The van der Waals surface area contributed by atoms with Crippen LogP contribution < -0.4 is 4.74 Å². The molecule has 1 aromatic rings. The van der Waals surface area contributed by atoms with Crippen LogP contribution in [0.25, 0.3) is 0 Å². The van der Waals surface area contributed by atoms with Crippen LogP contribution >= 0.6 is 0 Å². The van der Waals surface area contributed by atoms with E-state index in [2.05, 4.69) is 10.7 Å². The fourth-order valence-electron chi connectivity index (χ4n) is 1.60. The number of ether oxygens (including phenoxy) is 2. The van der Waals surface area contributed by atoms with Gasteiger partial charge in [-0.1, -0.05) is 5.92 Å². The summed E-state index contributed by atoms with van der Waals surface area (Å²) in [5.74, 6) is -0.422. The van der Waals surface area contributed by atoms with Gasteiger partial charge >= 0.3 is 12.1 Å². The van der Waals surface area contributed by atoms with Crippen molar-refractivity contribution in [1.82, 2.24) is 0 Å². The van der Waals surface area contributed by atoms with Gasteiger partial charge in [0.05, 0.1) is 11.1 Å². The Balaban J connectivity index is 3.11. The van der Waals surface area contributed by atoms with E-state index in [1.54, 1.807) is 0 Å². The number of rotatable bonds is 6. The number of benzene rings is 1. The maximum atomic E-state index is 13.1. The number of carbonyl (C=O) groups excluding carboxylic acids is 1. The van der Waals surface area contributed by atoms with Gasteiger partial charge in [0.15, 0.2) is 5.60 Å². The average molecular weight is 380 g/mol. The van der Waals surface area contributed by atoms with Crippen molar-refractivity contribution in [1.29, 1.82) is 0 Å². The summed E-state index contributed by atoms with van der Waals surface area (Å²) in [6.07, 6.45) is 0.447. The van der Waals surface area contributed by atoms with Gasteiger partial charge in [-0.3, -0.25) is 4.55 Å². The lowest BCUT2D eigenvalue weighted by Crippen LogP contribution is -2.27. The minimum absolute atomic E-state index is 0.300. The van der Waals surface area contributed by atoms with E-state index in [1.165, 1.54) is 13.8 Å². The molecule has 0 unspecified atom stereocenters. The van der Waals surface area contributed by atoms with Crippen LogP contribution in [-0.2, 0) is 21.0 Å². The van der Waals surface area contributed by atoms with E-state index in [-0.39, 0.29) is 5.56 Å². The van der Waals surface area contributed by atoms with Crippen LogP contribution in [0.2, 0.25) is 0 Å². The lowest BCUT2D eigenvalue weighted by molar-refractivity contribution is -0.139. The van der Waals surface area contributed by atoms with Gasteiger partial charge in [0.2, 0.25) is 0 Å². The summed E-state index contributed by atoms with van der Waals surface area (Å²) in [5, 5.41) is 0. The molecule has 0 atom stereocenters. The second kappa shape index (κ2) is 7.33. The van der Waals surface area contributed by atoms with E-state index in [9.17, 15) is 26.4 Å². The average Bonchev–Trinajstić information content (AvgIpc) is 2.44. The van der Waals surface area contributed by atoms with Crippen LogP contribution in [0.1, 0.15) is 29.8 Å². The molecule has 0 bridgehead atoms. The summed E-state index contributed by atoms with van der Waals surface area (Å²) in [6, 6.07) is 2.29. The fourth-order valence-corrected chi connectivity index (χ4v) is 1.89. The molecule has 0 heterocycles. The van der Waals surface area contributed by atoms with E-state index < -0.39 is 51.5 Å². The number of terminal acetylenes is 1. The molecule has 0 spiro atoms. The number of esters is 1. The van der Waals surface area contributed by atoms with Crippen molar-refractivity contribution in [2.45, 2.75) is 25.6 Å². The number of carbonyl (C=O) groups is 1. The van der Waals surface area contributed by atoms with E-state index in [0.29, 0.717) is 6.07 Å². The summed E-state index contributed by atoms with van der Waals surface area (Å²) < 4.78 is 78.5. The van der Waals surface area contributed by atoms with Gasteiger partial charge in [-0.15, -0.1) is 6.42 Å². The van der Waals surface area contributed by atoms with Crippen molar-refractivity contribution in [3.63, 3.8) is 0 Å². The van der Waals surface area contributed by atoms with Gasteiger partial charge in [-0.05, 0) is 32.0 Å². The van der Waals surface area contributed by atoms with Gasteiger partial charge in [-0.2, -0.15) is 21.6 Å². The van der Waals surface area contributed by atoms with Crippen LogP contribution in [0.4, 0.5) is 13.2 Å². The molecule has 0 saturated heterocycles. The Hall–Kier alpha value is -2.25. The topological polar surface area (TPSA) is 89.9 Å². The third-order valence-corrected chi connectivity index (χ3v) is 3.49. The van der Waals surface area contributed by atoms with Gasteiger partial charge in [-0.25, -0.2) is 4.79 Å². The minimum Gasteiger partial charge on any atom is -0.475 e. The molecule has 1 aromatic carbocycles. The normalized spacial score (nSPS) is 12.4. The third kappa shape index (κ3) is 6.64. The third-order valence-electron chi connectivity index (χ3n) is 2.81. The zero-order valence-electron chi connectivity index (χ0n) is 13.3. The van der Waals surface area contributed by atoms with E-state index in [4.69, 9.17) is 15.7 Å². The zero-order valence-corrected chi connectivity index (χ0v) is 14.1. The largest absolute Gasteiger partial charge is 0.475 e. The second-order valence-electron chi connectivity index (χ2n) is 5.39. The molecule has 0 amide bonds. The lowest BCUT2D eigenvalue weighted by atomic mass is 10.1. The Morgan fingerprint density at radius 2 is 1.92 bits per heavy atom. The van der Waals surface area contributed by atoms with Crippen molar-refractivity contribution < 1.29 is 40.4 Å². The Morgan fingerprint density at radius 3 is 2.40 bits per heavy atom. The van der Waals surface area contributed by atoms with E-state index >= 15 is 0 Å². The number of alkyl halides is 3. The quantitative estimate of drug-likeness (QED) is 0.463. The molecular formula is C15H15F3O6S. The Labute approximate surface area is 142 Å². The van der Waals surface area contributed by atoms with Gasteiger partial charge in [0.1, 0.15) is 18.1 Å². The Kier molecular flexibility index (Phi) is 6.09. The van der Waals surface area contributed by atoms with Crippen LogP contribution in [0.15, 0.2) is 18.2 Å². The minimum atomic E-state index is -4.74. The lowest BCUT2D eigenvalue weighted by Gasteiger charge is -2.23. The molecule has 1 rings (SSSR count). The molecule has 10 heteroatoms. The molecule has 0 aliphatic rings. The van der Waals surface area contributed by atoms with Crippen LogP contribution in [0.5, 0.6) is 5.75 Å². The Morgan fingerprint density at radius 1 is 1.32 bits per heavy atom. The second-order valence-corrected chi connectivity index (χ2v) is 6.96. The molecule has 6 nitrogen and oxygen atoms in total. The maximum Gasteiger partial charge on any atom is 0.419 e. The molecule has 25 heavy (non-hydrogen) atoms. The Bertz CT molecular complexity index is 790. The highest BCUT2D eigenvalue weighted by Gasteiger charge is 2.36. The molecule has 0 aliphatic carbocycles. The monoisotopic (exact) mass is 380 g/mol. The first kappa shape index (κ1) is 20.8. The number of hydrogen-bond donors (Lipinski definition) is 1. The van der Waals surface area contributed by atoms with Gasteiger partial charge < -0.3 is 9.47 Å². The first-order chi connectivity index (χ1) is 11.2. The smallest absolute Gasteiger partial charge is 0.419 e. The van der Waals surface area contributed by atoms with Gasteiger partial charge in [0, 0.05) is 0 Å². The zero-order chi connectivity index (χ0) is 19.5. The maximum absolute atomic E-state index is 13.1. The van der Waals surface area contributed by atoms with Crippen molar-refractivity contribution in [3.05, 3.63) is 29.3 Å². The van der Waals surface area contributed by atoms with Crippen LogP contribution in [-0.4, -0.2) is 36.9 Å². The van der Waals surface area contributed by atoms with Gasteiger partial charge in [0.25, 0.3) is 10.1 Å². The van der Waals surface area contributed by atoms with E-state index in [1.807, 2.05) is 0 Å². The predicted molar refractivity (Wildman–Crippen MR) is 81.7 cm³/mol. The van der Waals surface area contributed by atoms with Crippen molar-refractivity contribution >= 4 is 16.1 Å². The molecule has 138 valence electrons. The van der Waals surface area contributed by atoms with Crippen molar-refractivity contribution in [2.75, 3.05) is 12.4 Å². The fraction of sp³-hybridized carbons (Fsp3) is 0.400. The standard InChI is InChI=1S/C15H15F3O6S/c1-4-14(2,3)24-12-9-10(5-6-11(12)15(16,17)18)13(19)23-7-8-25(20,21)22/h1,5-6,9H,7-8H2,2-3H3,(H,20,21,22). The molecule has 0 aliphatic heterocycles.